The Bertz CT molecular complexity index is 624. The second kappa shape index (κ2) is 4.69. The fraction of sp³-hybridized carbons (Fsp3) is 0.385. The number of hydrogen-bond donors (Lipinski definition) is 2. The normalized spacial score (nSPS) is 26.5. The zero-order valence-electron chi connectivity index (χ0n) is 10.7. The number of carbonyl (C=O) groups is 1. The Morgan fingerprint density at radius 2 is 2.45 bits per heavy atom. The number of nitrogens with one attached hydrogen (secondary N) is 2. The highest BCUT2D eigenvalue weighted by molar-refractivity contribution is 7.13. The third-order valence-electron chi connectivity index (χ3n) is 3.81. The summed E-state index contributed by atoms with van der Waals surface area (Å²) in [5.74, 6) is 0.0352. The highest BCUT2D eigenvalue weighted by atomic mass is 32.1. The van der Waals surface area contributed by atoms with E-state index in [-0.39, 0.29) is 18.1 Å². The van der Waals surface area contributed by atoms with E-state index in [0.29, 0.717) is 13.2 Å². The molecule has 0 bridgehead atoms. The summed E-state index contributed by atoms with van der Waals surface area (Å²) in [7, 11) is 0. The lowest BCUT2D eigenvalue weighted by molar-refractivity contribution is -0.125. The summed E-state index contributed by atoms with van der Waals surface area (Å²) in [5.41, 5.74) is 2.00. The highest BCUT2D eigenvalue weighted by Gasteiger charge is 2.43. The molecule has 2 fully saturated rings. The van der Waals surface area contributed by atoms with Gasteiger partial charge in [-0.25, -0.2) is 0 Å². The van der Waals surface area contributed by atoms with Crippen LogP contribution in [0.2, 0.25) is 0 Å². The van der Waals surface area contributed by atoms with Gasteiger partial charge >= 0.3 is 0 Å². The molecular weight excluding hydrogens is 276 g/mol. The second-order valence-corrected chi connectivity index (χ2v) is 5.87. The number of hydrogen-bond acceptors (Lipinski definition) is 5. The lowest BCUT2D eigenvalue weighted by Gasteiger charge is -2.31. The Labute approximate surface area is 119 Å². The van der Waals surface area contributed by atoms with Crippen LogP contribution in [-0.2, 0) is 9.53 Å². The molecule has 4 heterocycles. The molecule has 0 aliphatic carbocycles. The molecular formula is C13H14N4O2S. The van der Waals surface area contributed by atoms with Crippen molar-refractivity contribution >= 4 is 17.2 Å². The van der Waals surface area contributed by atoms with E-state index in [1.165, 1.54) is 0 Å². The minimum atomic E-state index is -0.181. The monoisotopic (exact) mass is 290 g/mol. The molecule has 2 N–H and O–H groups in total. The molecule has 0 aromatic carbocycles. The van der Waals surface area contributed by atoms with E-state index in [0.717, 1.165) is 22.7 Å². The first-order chi connectivity index (χ1) is 9.84. The van der Waals surface area contributed by atoms with E-state index >= 15 is 0 Å². The quantitative estimate of drug-likeness (QED) is 0.864. The molecule has 2 aromatic rings. The number of morpholine rings is 1. The van der Waals surface area contributed by atoms with Crippen molar-refractivity contribution in [3.63, 3.8) is 0 Å². The predicted molar refractivity (Wildman–Crippen MR) is 74.1 cm³/mol. The van der Waals surface area contributed by atoms with E-state index in [4.69, 9.17) is 4.74 Å². The molecule has 2 aliphatic heterocycles. The molecule has 0 radical (unpaired) electrons. The van der Waals surface area contributed by atoms with Crippen LogP contribution in [0.1, 0.15) is 11.7 Å². The van der Waals surface area contributed by atoms with Crippen LogP contribution in [0.15, 0.2) is 23.7 Å². The Morgan fingerprint density at radius 1 is 1.50 bits per heavy atom. The molecule has 2 atom stereocenters. The maximum absolute atomic E-state index is 12.1. The van der Waals surface area contributed by atoms with Gasteiger partial charge in [0.1, 0.15) is 12.2 Å². The van der Waals surface area contributed by atoms with Crippen molar-refractivity contribution in [1.82, 2.24) is 20.4 Å². The summed E-state index contributed by atoms with van der Waals surface area (Å²) in [6, 6.07) is 3.88. The Morgan fingerprint density at radius 3 is 3.30 bits per heavy atom. The molecule has 0 spiro atoms. The molecule has 2 aliphatic rings. The maximum atomic E-state index is 12.1. The molecule has 2 unspecified atom stereocenters. The molecule has 1 amide bonds. The van der Waals surface area contributed by atoms with Gasteiger partial charge in [0, 0.05) is 12.1 Å². The van der Waals surface area contributed by atoms with E-state index in [9.17, 15) is 4.79 Å². The van der Waals surface area contributed by atoms with Gasteiger partial charge in [-0.1, -0.05) is 6.07 Å². The van der Waals surface area contributed by atoms with Crippen molar-refractivity contribution < 1.29 is 9.53 Å². The molecule has 104 valence electrons. The standard InChI is InChI=1S/C13H14N4O2S/c18-13-9-7-19-4-3-17(9)12(15-13)8-6-14-16-11(8)10-2-1-5-20-10/h1-2,5-6,9,12H,3-4,7H2,(H,14,16)(H,15,18). The molecule has 2 aromatic heterocycles. The summed E-state index contributed by atoms with van der Waals surface area (Å²) in [4.78, 5) is 15.3. The highest BCUT2D eigenvalue weighted by Crippen LogP contribution is 2.34. The third kappa shape index (κ3) is 1.78. The molecule has 4 rings (SSSR count). The van der Waals surface area contributed by atoms with Gasteiger partial charge in [0.15, 0.2) is 0 Å². The van der Waals surface area contributed by atoms with Gasteiger partial charge in [-0.3, -0.25) is 14.8 Å². The average molecular weight is 290 g/mol. The number of H-pyrrole nitrogens is 1. The van der Waals surface area contributed by atoms with Crippen molar-refractivity contribution in [2.24, 2.45) is 0 Å². The van der Waals surface area contributed by atoms with Gasteiger partial charge in [-0.15, -0.1) is 11.3 Å². The van der Waals surface area contributed by atoms with Crippen LogP contribution in [0.25, 0.3) is 10.6 Å². The van der Waals surface area contributed by atoms with E-state index < -0.39 is 0 Å². The van der Waals surface area contributed by atoms with Crippen LogP contribution in [0.4, 0.5) is 0 Å². The van der Waals surface area contributed by atoms with Gasteiger partial charge in [0.2, 0.25) is 5.91 Å². The Kier molecular flexibility index (Phi) is 2.83. The number of fused-ring (bicyclic) bond motifs is 1. The first kappa shape index (κ1) is 12.1. The summed E-state index contributed by atoms with van der Waals surface area (Å²) in [6.45, 7) is 1.88. The molecule has 20 heavy (non-hydrogen) atoms. The molecule has 2 saturated heterocycles. The fourth-order valence-corrected chi connectivity index (χ4v) is 3.59. The molecule has 7 heteroatoms. The Hall–Kier alpha value is -1.70. The van der Waals surface area contributed by atoms with Crippen molar-refractivity contribution in [3.05, 3.63) is 29.3 Å². The number of amides is 1. The predicted octanol–water partition coefficient (Wildman–Crippen LogP) is 0.967. The van der Waals surface area contributed by atoms with Crippen LogP contribution < -0.4 is 5.32 Å². The molecule has 6 nitrogen and oxygen atoms in total. The van der Waals surface area contributed by atoms with Gasteiger partial charge in [0.25, 0.3) is 0 Å². The minimum Gasteiger partial charge on any atom is -0.378 e. The van der Waals surface area contributed by atoms with Gasteiger partial charge < -0.3 is 10.1 Å². The van der Waals surface area contributed by atoms with Crippen molar-refractivity contribution in [1.29, 1.82) is 0 Å². The summed E-state index contributed by atoms with van der Waals surface area (Å²) >= 11 is 1.66. The summed E-state index contributed by atoms with van der Waals surface area (Å²) < 4.78 is 5.40. The van der Waals surface area contributed by atoms with Crippen LogP contribution in [-0.4, -0.2) is 46.8 Å². The first-order valence-corrected chi connectivity index (χ1v) is 7.43. The fourth-order valence-electron chi connectivity index (χ4n) is 2.84. The van der Waals surface area contributed by atoms with Crippen LogP contribution in [0.3, 0.4) is 0 Å². The summed E-state index contributed by atoms with van der Waals surface area (Å²) in [5, 5.41) is 12.3. The number of ether oxygens (including phenoxy) is 1. The zero-order chi connectivity index (χ0) is 13.5. The topological polar surface area (TPSA) is 70.2 Å². The lowest BCUT2D eigenvalue weighted by Crippen LogP contribution is -2.44. The maximum Gasteiger partial charge on any atom is 0.241 e. The van der Waals surface area contributed by atoms with Crippen LogP contribution in [0.5, 0.6) is 0 Å². The third-order valence-corrected chi connectivity index (χ3v) is 4.70. The van der Waals surface area contributed by atoms with Crippen LogP contribution in [0, 0.1) is 0 Å². The van der Waals surface area contributed by atoms with Crippen LogP contribution >= 0.6 is 11.3 Å². The largest absolute Gasteiger partial charge is 0.378 e. The van der Waals surface area contributed by atoms with E-state index in [1.807, 2.05) is 11.4 Å². The number of thiophene rings is 1. The van der Waals surface area contributed by atoms with Crippen molar-refractivity contribution in [2.75, 3.05) is 19.8 Å². The van der Waals surface area contributed by atoms with E-state index in [2.05, 4.69) is 26.5 Å². The number of carbonyl (C=O) groups excluding carboxylic acids is 1. The smallest absolute Gasteiger partial charge is 0.241 e. The number of aromatic nitrogens is 2. The number of aromatic amines is 1. The van der Waals surface area contributed by atoms with E-state index in [1.54, 1.807) is 17.5 Å². The Balaban J connectivity index is 1.71. The van der Waals surface area contributed by atoms with Crippen molar-refractivity contribution in [2.45, 2.75) is 12.2 Å². The van der Waals surface area contributed by atoms with Gasteiger partial charge in [-0.05, 0) is 11.4 Å². The number of rotatable bonds is 2. The average Bonchev–Trinajstić information content (AvgIpc) is 3.17. The van der Waals surface area contributed by atoms with Gasteiger partial charge in [0.05, 0.1) is 30.0 Å². The first-order valence-electron chi connectivity index (χ1n) is 6.55. The second-order valence-electron chi connectivity index (χ2n) is 4.92. The SMILES string of the molecule is O=C1NC(c2cn[nH]c2-c2cccs2)N2CCOCC12. The zero-order valence-corrected chi connectivity index (χ0v) is 11.5. The van der Waals surface area contributed by atoms with Crippen molar-refractivity contribution in [3.8, 4) is 10.6 Å². The lowest BCUT2D eigenvalue weighted by atomic mass is 10.1. The number of nitrogens with zero attached hydrogens (tertiary/aromatic N) is 2. The molecule has 0 saturated carbocycles. The minimum absolute atomic E-state index is 0.0352. The summed E-state index contributed by atoms with van der Waals surface area (Å²) in [6.07, 6.45) is 1.69. The van der Waals surface area contributed by atoms with Gasteiger partial charge in [-0.2, -0.15) is 5.10 Å².